The van der Waals surface area contributed by atoms with Crippen molar-refractivity contribution >= 4 is 18.1 Å². The fourth-order valence-corrected chi connectivity index (χ4v) is 0.768. The third kappa shape index (κ3) is 9.27. The Labute approximate surface area is 145 Å². The van der Waals surface area contributed by atoms with Gasteiger partial charge in [-0.3, -0.25) is 0 Å². The van der Waals surface area contributed by atoms with E-state index >= 15 is 0 Å². The molecule has 0 spiro atoms. The molecule has 0 unspecified atom stereocenters. The van der Waals surface area contributed by atoms with Crippen molar-refractivity contribution in [2.24, 2.45) is 0 Å². The zero-order valence-electron chi connectivity index (χ0n) is 10.4. The number of rotatable bonds is 3. The van der Waals surface area contributed by atoms with E-state index in [9.17, 15) is 9.90 Å². The largest absolute Gasteiger partial charge is 1.00 e. The maximum Gasteiger partial charge on any atom is 1.00 e. The molecule has 0 saturated heterocycles. The maximum absolute atomic E-state index is 9.49. The van der Waals surface area contributed by atoms with Crippen LogP contribution in [0.5, 0.6) is 0 Å². The van der Waals surface area contributed by atoms with Crippen molar-refractivity contribution in [2.45, 2.75) is 6.92 Å². The minimum Gasteiger partial charge on any atom is -0.545 e. The number of carbonyl (C=O) groups excluding carboxylic acids is 1. The number of carboxylic acid groups (broad SMARTS) is 1. The summed E-state index contributed by atoms with van der Waals surface area (Å²) in [6, 6.07) is 8.07. The molecule has 0 saturated carbocycles. The van der Waals surface area contributed by atoms with Gasteiger partial charge in [0.05, 0.1) is 5.97 Å². The SMILES string of the molecule is C=C(C)C(=O)[O-].C=Cc1ccc(C=C)cc1.[K+]. The minimum atomic E-state index is -1.19. The Kier molecular flexibility index (Phi) is 11.9. The van der Waals surface area contributed by atoms with E-state index in [2.05, 4.69) is 19.7 Å². The summed E-state index contributed by atoms with van der Waals surface area (Å²) in [7, 11) is 0. The van der Waals surface area contributed by atoms with E-state index in [1.165, 1.54) is 6.92 Å². The van der Waals surface area contributed by atoms with Crippen molar-refractivity contribution in [3.8, 4) is 0 Å². The first-order valence-electron chi connectivity index (χ1n) is 4.73. The Balaban J connectivity index is 0. The summed E-state index contributed by atoms with van der Waals surface area (Å²) in [6.45, 7) is 11.8. The molecule has 0 bridgehead atoms. The summed E-state index contributed by atoms with van der Waals surface area (Å²) >= 11 is 0. The predicted molar refractivity (Wildman–Crippen MR) is 66.4 cm³/mol. The van der Waals surface area contributed by atoms with Gasteiger partial charge in [-0.15, -0.1) is 0 Å². The molecule has 0 N–H and O–H groups in total. The van der Waals surface area contributed by atoms with Crippen LogP contribution in [0.1, 0.15) is 18.1 Å². The first kappa shape index (κ1) is 18.9. The second-order valence-corrected chi connectivity index (χ2v) is 3.14. The Morgan fingerprint density at radius 3 is 1.47 bits per heavy atom. The second kappa shape index (κ2) is 10.7. The third-order valence-corrected chi connectivity index (χ3v) is 1.76. The topological polar surface area (TPSA) is 40.1 Å². The van der Waals surface area contributed by atoms with Crippen molar-refractivity contribution < 1.29 is 61.3 Å². The van der Waals surface area contributed by atoms with Gasteiger partial charge in [-0.05, 0) is 23.6 Å². The molecule has 2 nitrogen and oxygen atoms in total. The summed E-state index contributed by atoms with van der Waals surface area (Å²) in [4.78, 5) is 9.49. The van der Waals surface area contributed by atoms with E-state index in [-0.39, 0.29) is 57.0 Å². The summed E-state index contributed by atoms with van der Waals surface area (Å²) in [6.07, 6.45) is 3.65. The fourth-order valence-electron chi connectivity index (χ4n) is 0.768. The van der Waals surface area contributed by atoms with Crippen LogP contribution in [0.4, 0.5) is 0 Å². The first-order valence-corrected chi connectivity index (χ1v) is 4.73. The summed E-state index contributed by atoms with van der Waals surface area (Å²) in [5, 5.41) is 9.49. The van der Waals surface area contributed by atoms with Crippen LogP contribution in [0.25, 0.3) is 12.2 Å². The van der Waals surface area contributed by atoms with Gasteiger partial charge in [-0.1, -0.05) is 56.2 Å². The van der Waals surface area contributed by atoms with Gasteiger partial charge in [0, 0.05) is 0 Å². The van der Waals surface area contributed by atoms with Crippen LogP contribution in [0.15, 0.2) is 49.6 Å². The molecule has 0 fully saturated rings. The monoisotopic (exact) mass is 254 g/mol. The quantitative estimate of drug-likeness (QED) is 0.528. The standard InChI is InChI=1S/C10H10.C4H6O2.K/c1-3-9-5-7-10(4-2)8-6-9;1-3(2)4(5)6;/h3-8H,1-2H2;1H2,2H3,(H,5,6);/q;;+1/p-1. The molecule has 84 valence electrons. The molecule has 1 aromatic carbocycles. The van der Waals surface area contributed by atoms with Gasteiger partial charge in [0.2, 0.25) is 0 Å². The fraction of sp³-hybridized carbons (Fsp3) is 0.0714. The number of hydrogen-bond acceptors (Lipinski definition) is 2. The van der Waals surface area contributed by atoms with E-state index < -0.39 is 5.97 Å². The summed E-state index contributed by atoms with van der Waals surface area (Å²) in [5.74, 6) is -1.19. The Bertz CT molecular complexity index is 352. The van der Waals surface area contributed by atoms with Crippen LogP contribution in [-0.2, 0) is 4.79 Å². The average molecular weight is 254 g/mol. The molecule has 0 atom stereocenters. The van der Waals surface area contributed by atoms with Gasteiger partial charge in [0.1, 0.15) is 0 Å². The molecule has 0 aliphatic rings. The van der Waals surface area contributed by atoms with Crippen molar-refractivity contribution in [3.63, 3.8) is 0 Å². The molecule has 17 heavy (non-hydrogen) atoms. The normalized spacial score (nSPS) is 7.82. The van der Waals surface area contributed by atoms with Crippen molar-refractivity contribution in [1.82, 2.24) is 0 Å². The van der Waals surface area contributed by atoms with E-state index in [0.717, 1.165) is 11.1 Å². The van der Waals surface area contributed by atoms with Crippen molar-refractivity contribution in [1.29, 1.82) is 0 Å². The van der Waals surface area contributed by atoms with Crippen molar-refractivity contribution in [3.05, 3.63) is 60.7 Å². The summed E-state index contributed by atoms with van der Waals surface area (Å²) < 4.78 is 0. The van der Waals surface area contributed by atoms with Gasteiger partial charge < -0.3 is 9.90 Å². The van der Waals surface area contributed by atoms with Crippen LogP contribution < -0.4 is 56.5 Å². The van der Waals surface area contributed by atoms with Crippen LogP contribution in [0.3, 0.4) is 0 Å². The number of hydrogen-bond donors (Lipinski definition) is 0. The molecule has 0 radical (unpaired) electrons. The first-order chi connectivity index (χ1) is 7.51. The Morgan fingerprint density at radius 1 is 1.12 bits per heavy atom. The van der Waals surface area contributed by atoms with Crippen LogP contribution in [0, 0.1) is 0 Å². The van der Waals surface area contributed by atoms with Gasteiger partial charge in [0.15, 0.2) is 0 Å². The molecule has 1 rings (SSSR count). The molecule has 0 aliphatic carbocycles. The molecule has 3 heteroatoms. The molecule has 0 amide bonds. The van der Waals surface area contributed by atoms with Crippen LogP contribution >= 0.6 is 0 Å². The summed E-state index contributed by atoms with van der Waals surface area (Å²) in [5.41, 5.74) is 2.35. The molecular formula is C14H15KO2. The van der Waals surface area contributed by atoms with Crippen LogP contribution in [-0.4, -0.2) is 5.97 Å². The Morgan fingerprint density at radius 2 is 1.35 bits per heavy atom. The van der Waals surface area contributed by atoms with E-state index in [0.29, 0.717) is 0 Å². The average Bonchev–Trinajstić information content (AvgIpc) is 2.30. The van der Waals surface area contributed by atoms with E-state index in [1.807, 2.05) is 36.4 Å². The number of benzene rings is 1. The minimum absolute atomic E-state index is 0. The van der Waals surface area contributed by atoms with E-state index in [1.54, 1.807) is 0 Å². The molecule has 0 aromatic heterocycles. The van der Waals surface area contributed by atoms with Gasteiger partial charge in [-0.2, -0.15) is 0 Å². The number of carbonyl (C=O) groups is 1. The predicted octanol–water partition coefficient (Wildman–Crippen LogP) is -0.711. The van der Waals surface area contributed by atoms with Crippen molar-refractivity contribution in [2.75, 3.05) is 0 Å². The zero-order chi connectivity index (χ0) is 12.6. The van der Waals surface area contributed by atoms with Crippen LogP contribution in [0.2, 0.25) is 0 Å². The maximum atomic E-state index is 9.49. The Hall–Kier alpha value is -0.454. The molecule has 0 aliphatic heterocycles. The molecule has 0 heterocycles. The van der Waals surface area contributed by atoms with E-state index in [4.69, 9.17) is 0 Å². The van der Waals surface area contributed by atoms with Gasteiger partial charge >= 0.3 is 51.4 Å². The third-order valence-electron chi connectivity index (χ3n) is 1.76. The number of carboxylic acids is 1. The molecule has 1 aromatic rings. The zero-order valence-corrected chi connectivity index (χ0v) is 13.5. The smallest absolute Gasteiger partial charge is 0.545 e. The van der Waals surface area contributed by atoms with Gasteiger partial charge in [-0.25, -0.2) is 0 Å². The number of aliphatic carboxylic acids is 1. The molecular weight excluding hydrogens is 239 g/mol. The van der Waals surface area contributed by atoms with Gasteiger partial charge in [0.25, 0.3) is 0 Å². The second-order valence-electron chi connectivity index (χ2n) is 3.14.